The molecular weight excluding hydrogens is 382 g/mol. The van der Waals surface area contributed by atoms with Gasteiger partial charge in [-0.25, -0.2) is 16.8 Å². The van der Waals surface area contributed by atoms with Crippen LogP contribution >= 0.6 is 0 Å². The third-order valence-electron chi connectivity index (χ3n) is 2.80. The number of carboxylic acid groups (broad SMARTS) is 2. The van der Waals surface area contributed by atoms with Gasteiger partial charge in [0.25, 0.3) is 0 Å². The van der Waals surface area contributed by atoms with E-state index in [0.717, 1.165) is 0 Å². The molecule has 0 atom stereocenters. The summed E-state index contributed by atoms with van der Waals surface area (Å²) in [5.41, 5.74) is 0. The Bertz CT molecular complexity index is 598. The summed E-state index contributed by atoms with van der Waals surface area (Å²) in [5, 5.41) is 22.3. The molecule has 0 saturated heterocycles. The van der Waals surface area contributed by atoms with Crippen LogP contribution in [0, 0.1) is 11.8 Å². The van der Waals surface area contributed by atoms with Gasteiger partial charge in [0.1, 0.15) is 0 Å². The van der Waals surface area contributed by atoms with Crippen molar-refractivity contribution in [1.29, 1.82) is 0 Å². The molecule has 0 unspecified atom stereocenters. The molecule has 0 heterocycles. The molecule has 0 N–H and O–H groups in total. The van der Waals surface area contributed by atoms with Gasteiger partial charge >= 0.3 is 59.1 Å². The number of hydrogen-bond donors (Lipinski definition) is 0. The van der Waals surface area contributed by atoms with Crippen LogP contribution in [0.2, 0.25) is 0 Å². The number of carbonyl (C=O) groups excluding carboxylic acids is 2. The fourth-order valence-corrected chi connectivity index (χ4v) is 7.51. The van der Waals surface area contributed by atoms with E-state index in [4.69, 9.17) is 0 Å². The van der Waals surface area contributed by atoms with Gasteiger partial charge in [0, 0.05) is 12.4 Å². The number of rotatable bonds is 9. The van der Waals surface area contributed by atoms with Crippen molar-refractivity contribution in [2.24, 2.45) is 11.8 Å². The SMILES string of the molecule is CC(C)CS(=O)(=O)C(CC(=O)[O-])(C(=O)[O-])S(=O)(=O)CC(C)C.[Na+].[Na+]. The van der Waals surface area contributed by atoms with Crippen molar-refractivity contribution in [3.05, 3.63) is 0 Å². The van der Waals surface area contributed by atoms with Crippen LogP contribution in [0.25, 0.3) is 0 Å². The van der Waals surface area contributed by atoms with E-state index in [1.807, 2.05) is 0 Å². The van der Waals surface area contributed by atoms with Crippen molar-refractivity contribution >= 4 is 31.6 Å². The first kappa shape index (κ1) is 29.6. The normalized spacial score (nSPS) is 12.4. The largest absolute Gasteiger partial charge is 1.00 e. The average molecular weight is 402 g/mol. The van der Waals surface area contributed by atoms with Crippen molar-refractivity contribution in [3.63, 3.8) is 0 Å². The first-order chi connectivity index (χ1) is 9.69. The number of sulfone groups is 2. The van der Waals surface area contributed by atoms with E-state index in [-0.39, 0.29) is 59.1 Å². The minimum Gasteiger partial charge on any atom is -0.550 e. The topological polar surface area (TPSA) is 149 Å². The van der Waals surface area contributed by atoms with Crippen molar-refractivity contribution in [3.8, 4) is 0 Å². The van der Waals surface area contributed by atoms with E-state index >= 15 is 0 Å². The van der Waals surface area contributed by atoms with Gasteiger partial charge in [-0.3, -0.25) is 0 Å². The summed E-state index contributed by atoms with van der Waals surface area (Å²) in [4.78, 5) is 22.3. The third-order valence-corrected chi connectivity index (χ3v) is 9.16. The quantitative estimate of drug-likeness (QED) is 0.345. The van der Waals surface area contributed by atoms with Crippen molar-refractivity contribution in [1.82, 2.24) is 0 Å². The maximum absolute atomic E-state index is 12.4. The zero-order valence-corrected chi connectivity index (χ0v) is 20.5. The van der Waals surface area contributed by atoms with E-state index in [1.54, 1.807) is 0 Å². The van der Waals surface area contributed by atoms with E-state index in [0.29, 0.717) is 0 Å². The fourth-order valence-electron chi connectivity index (χ4n) is 2.08. The second kappa shape index (κ2) is 10.9. The molecule has 0 rings (SSSR count). The van der Waals surface area contributed by atoms with Gasteiger partial charge in [0.15, 0.2) is 19.7 Å². The summed E-state index contributed by atoms with van der Waals surface area (Å²) in [5.74, 6) is -7.35. The maximum Gasteiger partial charge on any atom is 1.00 e. The van der Waals surface area contributed by atoms with Gasteiger partial charge in [0.2, 0.25) is 4.08 Å². The van der Waals surface area contributed by atoms with Gasteiger partial charge < -0.3 is 19.8 Å². The number of hydrogen-bond acceptors (Lipinski definition) is 8. The van der Waals surface area contributed by atoms with E-state index in [2.05, 4.69) is 0 Å². The maximum atomic E-state index is 12.4. The molecule has 0 spiro atoms. The summed E-state index contributed by atoms with van der Waals surface area (Å²) in [6, 6.07) is 0. The van der Waals surface area contributed by atoms with Gasteiger partial charge in [-0.15, -0.1) is 0 Å². The van der Waals surface area contributed by atoms with Gasteiger partial charge in [-0.1, -0.05) is 27.7 Å². The molecule has 24 heavy (non-hydrogen) atoms. The summed E-state index contributed by atoms with van der Waals surface area (Å²) in [7, 11) is -9.70. The molecule has 12 heteroatoms. The van der Waals surface area contributed by atoms with Crippen molar-refractivity contribution < 1.29 is 95.8 Å². The Morgan fingerprint density at radius 2 is 1.12 bits per heavy atom. The zero-order valence-electron chi connectivity index (χ0n) is 14.9. The average Bonchev–Trinajstić information content (AvgIpc) is 2.20. The Labute approximate surface area is 187 Å². The van der Waals surface area contributed by atoms with Crippen LogP contribution in [0.5, 0.6) is 0 Å². The van der Waals surface area contributed by atoms with Crippen LogP contribution < -0.4 is 69.3 Å². The predicted molar refractivity (Wildman–Crippen MR) is 74.6 cm³/mol. The Kier molecular flexibility index (Phi) is 13.4. The standard InChI is InChI=1S/C12H22O8S2.2Na/c1-8(2)6-21(17,18)12(11(15)16,5-10(13)14)22(19,20)7-9(3)4;;/h8-9H,5-7H2,1-4H3,(H,13,14)(H,15,16);;/q;2*+1/p-2. The molecule has 0 amide bonds. The smallest absolute Gasteiger partial charge is 0.550 e. The van der Waals surface area contributed by atoms with Crippen molar-refractivity contribution in [2.75, 3.05) is 11.5 Å². The van der Waals surface area contributed by atoms with E-state index < -0.39 is 65.5 Å². The van der Waals surface area contributed by atoms with Crippen LogP contribution in [-0.2, 0) is 29.3 Å². The second-order valence-corrected chi connectivity index (χ2v) is 10.7. The monoisotopic (exact) mass is 402 g/mol. The molecule has 0 aliphatic carbocycles. The zero-order chi connectivity index (χ0) is 17.9. The molecular formula is C12H20Na2O8S2. The molecule has 0 aromatic carbocycles. The molecule has 130 valence electrons. The Balaban J connectivity index is -0.00000220. The summed E-state index contributed by atoms with van der Waals surface area (Å²) >= 11 is 0. The van der Waals surface area contributed by atoms with Gasteiger partial charge in [-0.2, -0.15) is 0 Å². The molecule has 0 aromatic heterocycles. The van der Waals surface area contributed by atoms with Crippen LogP contribution in [0.3, 0.4) is 0 Å². The molecule has 0 bridgehead atoms. The molecule has 0 aliphatic heterocycles. The summed E-state index contributed by atoms with van der Waals surface area (Å²) in [6.07, 6.45) is -1.69. The first-order valence-corrected chi connectivity index (χ1v) is 9.86. The van der Waals surface area contributed by atoms with Crippen LogP contribution in [0.4, 0.5) is 0 Å². The molecule has 0 fully saturated rings. The second-order valence-electron chi connectivity index (χ2n) is 5.94. The van der Waals surface area contributed by atoms with Gasteiger partial charge in [0.05, 0.1) is 17.5 Å². The van der Waals surface area contributed by atoms with E-state index in [9.17, 15) is 36.6 Å². The minimum absolute atomic E-state index is 0. The number of aliphatic carboxylic acids is 2. The molecule has 8 nitrogen and oxygen atoms in total. The first-order valence-electron chi connectivity index (χ1n) is 6.55. The molecule has 0 aromatic rings. The number of carbonyl (C=O) groups is 2. The summed E-state index contributed by atoms with van der Waals surface area (Å²) < 4.78 is 46.0. The predicted octanol–water partition coefficient (Wildman–Crippen LogP) is -8.28. The fraction of sp³-hybridized carbons (Fsp3) is 0.833. The van der Waals surface area contributed by atoms with Gasteiger partial charge in [-0.05, 0) is 11.8 Å². The van der Waals surface area contributed by atoms with E-state index in [1.165, 1.54) is 27.7 Å². The molecule has 0 saturated carbocycles. The third kappa shape index (κ3) is 6.86. The molecule has 0 radical (unpaired) electrons. The van der Waals surface area contributed by atoms with Crippen molar-refractivity contribution in [2.45, 2.75) is 38.2 Å². The number of carboxylic acids is 2. The van der Waals surface area contributed by atoms with Crippen LogP contribution in [0.1, 0.15) is 34.1 Å². The Morgan fingerprint density at radius 3 is 1.29 bits per heavy atom. The minimum atomic E-state index is -4.85. The molecule has 0 aliphatic rings. The van der Waals surface area contributed by atoms with Crippen LogP contribution in [0.15, 0.2) is 0 Å². The Morgan fingerprint density at radius 1 is 0.833 bits per heavy atom. The Hall–Kier alpha value is 0.840. The van der Waals surface area contributed by atoms with Crippen LogP contribution in [-0.4, -0.2) is 44.4 Å². The summed E-state index contributed by atoms with van der Waals surface area (Å²) in [6.45, 7) is 5.74.